The van der Waals surface area contributed by atoms with E-state index in [1.807, 2.05) is 4.90 Å². The number of amides is 2. The molecule has 2 aliphatic heterocycles. The van der Waals surface area contributed by atoms with E-state index in [2.05, 4.69) is 5.32 Å². The number of sulfonamides is 1. The summed E-state index contributed by atoms with van der Waals surface area (Å²) in [6.07, 6.45) is 0.550. The van der Waals surface area contributed by atoms with Gasteiger partial charge in [-0.15, -0.1) is 0 Å². The van der Waals surface area contributed by atoms with E-state index in [9.17, 15) is 17.6 Å². The van der Waals surface area contributed by atoms with Crippen molar-refractivity contribution in [2.45, 2.75) is 22.6 Å². The van der Waals surface area contributed by atoms with Crippen LogP contribution in [-0.4, -0.2) is 67.4 Å². The van der Waals surface area contributed by atoms with Crippen molar-refractivity contribution < 1.29 is 22.3 Å². The average molecular weight is 466 g/mol. The molecule has 4 rings (SSSR count). The fourth-order valence-electron chi connectivity index (χ4n) is 3.96. The molecule has 10 heteroatoms. The number of thioether (sulfide) groups is 1. The molecule has 7 nitrogen and oxygen atoms in total. The average Bonchev–Trinajstić information content (AvgIpc) is 2.79. The maximum Gasteiger partial charge on any atom is 0.322 e. The number of urea groups is 1. The van der Waals surface area contributed by atoms with Crippen molar-refractivity contribution >= 4 is 33.5 Å². The van der Waals surface area contributed by atoms with Gasteiger partial charge in [-0.05, 0) is 55.0 Å². The highest BCUT2D eigenvalue weighted by Crippen LogP contribution is 2.34. The summed E-state index contributed by atoms with van der Waals surface area (Å²) in [5, 5.41) is 2.91. The number of fused-ring (bicyclic) bond motifs is 1. The topological polar surface area (TPSA) is 79.0 Å². The zero-order valence-electron chi connectivity index (χ0n) is 17.0. The lowest BCUT2D eigenvalue weighted by Gasteiger charge is -2.46. The SMILES string of the molecule is COc1ccc(NC(=O)N2CCSC3CN(S(=O)(=O)c4ccc(F)cc4)CCC32)cc1. The summed E-state index contributed by atoms with van der Waals surface area (Å²) in [7, 11) is -2.11. The second-order valence-electron chi connectivity index (χ2n) is 7.43. The van der Waals surface area contributed by atoms with E-state index in [4.69, 9.17) is 4.74 Å². The molecule has 2 fully saturated rings. The Morgan fingerprint density at radius 1 is 1.13 bits per heavy atom. The van der Waals surface area contributed by atoms with Crippen molar-refractivity contribution in [2.75, 3.05) is 37.8 Å². The summed E-state index contributed by atoms with van der Waals surface area (Å²) in [6, 6.07) is 11.8. The fraction of sp³-hybridized carbons (Fsp3) is 0.381. The summed E-state index contributed by atoms with van der Waals surface area (Å²) in [6.45, 7) is 1.24. The van der Waals surface area contributed by atoms with Crippen LogP contribution in [0.3, 0.4) is 0 Å². The molecule has 31 heavy (non-hydrogen) atoms. The number of piperidine rings is 1. The monoisotopic (exact) mass is 465 g/mol. The number of methoxy groups -OCH3 is 1. The maximum atomic E-state index is 13.2. The third-order valence-electron chi connectivity index (χ3n) is 5.61. The molecular formula is C21H24FN3O4S2. The van der Waals surface area contributed by atoms with Crippen LogP contribution in [0.25, 0.3) is 0 Å². The van der Waals surface area contributed by atoms with Gasteiger partial charge >= 0.3 is 6.03 Å². The Labute approximate surface area is 185 Å². The van der Waals surface area contributed by atoms with E-state index in [-0.39, 0.29) is 22.2 Å². The number of ether oxygens (including phenoxy) is 1. The van der Waals surface area contributed by atoms with Gasteiger partial charge in [-0.3, -0.25) is 0 Å². The Kier molecular flexibility index (Phi) is 6.40. The standard InChI is InChI=1S/C21H24FN3O4S2/c1-29-17-6-4-16(5-7-17)23-21(26)25-12-13-30-20-14-24(11-10-19(20)25)31(27,28)18-8-2-15(22)3-9-18/h2-9,19-20H,10-14H2,1H3,(H,23,26). The minimum absolute atomic E-state index is 0.0145. The van der Waals surface area contributed by atoms with Crippen molar-refractivity contribution in [3.8, 4) is 5.75 Å². The van der Waals surface area contributed by atoms with Crippen LogP contribution in [-0.2, 0) is 10.0 Å². The van der Waals surface area contributed by atoms with Gasteiger partial charge in [0.1, 0.15) is 11.6 Å². The van der Waals surface area contributed by atoms with Crippen LogP contribution < -0.4 is 10.1 Å². The molecule has 0 saturated carbocycles. The van der Waals surface area contributed by atoms with Crippen molar-refractivity contribution in [3.63, 3.8) is 0 Å². The van der Waals surface area contributed by atoms with Gasteiger partial charge in [-0.1, -0.05) is 0 Å². The number of nitrogens with zero attached hydrogens (tertiary/aromatic N) is 2. The third-order valence-corrected chi connectivity index (χ3v) is 8.79. The van der Waals surface area contributed by atoms with Crippen molar-refractivity contribution in [1.82, 2.24) is 9.21 Å². The molecule has 0 aliphatic carbocycles. The second kappa shape index (κ2) is 9.05. The zero-order valence-corrected chi connectivity index (χ0v) is 18.7. The Balaban J connectivity index is 1.44. The first-order valence-electron chi connectivity index (χ1n) is 9.97. The molecule has 2 unspecified atom stereocenters. The number of rotatable bonds is 4. The molecule has 2 aliphatic rings. The quantitative estimate of drug-likeness (QED) is 0.750. The van der Waals surface area contributed by atoms with Crippen LogP contribution in [0.2, 0.25) is 0 Å². The van der Waals surface area contributed by atoms with Gasteiger partial charge in [-0.2, -0.15) is 16.1 Å². The summed E-state index contributed by atoms with van der Waals surface area (Å²) in [5.41, 5.74) is 0.678. The van der Waals surface area contributed by atoms with Crippen molar-refractivity contribution in [1.29, 1.82) is 0 Å². The fourth-order valence-corrected chi connectivity index (χ4v) is 6.93. The molecule has 166 valence electrons. The smallest absolute Gasteiger partial charge is 0.322 e. The number of carbonyl (C=O) groups excluding carboxylic acids is 1. The van der Waals surface area contributed by atoms with Crippen molar-refractivity contribution in [2.24, 2.45) is 0 Å². The van der Waals surface area contributed by atoms with Gasteiger partial charge in [-0.25, -0.2) is 17.6 Å². The normalized spacial score (nSPS) is 21.9. The van der Waals surface area contributed by atoms with Crippen LogP contribution >= 0.6 is 11.8 Å². The summed E-state index contributed by atoms with van der Waals surface area (Å²) < 4.78 is 45.7. The highest BCUT2D eigenvalue weighted by molar-refractivity contribution is 8.00. The Hall–Kier alpha value is -2.30. The first-order chi connectivity index (χ1) is 14.9. The predicted molar refractivity (Wildman–Crippen MR) is 119 cm³/mol. The number of hydrogen-bond donors (Lipinski definition) is 1. The molecule has 2 aromatic rings. The van der Waals surface area contributed by atoms with Gasteiger partial charge < -0.3 is 15.0 Å². The predicted octanol–water partition coefficient (Wildman–Crippen LogP) is 3.25. The van der Waals surface area contributed by atoms with E-state index in [0.717, 1.165) is 17.9 Å². The van der Waals surface area contributed by atoms with Crippen LogP contribution in [0, 0.1) is 5.82 Å². The molecule has 2 atom stereocenters. The van der Waals surface area contributed by atoms with E-state index in [0.29, 0.717) is 37.5 Å². The van der Waals surface area contributed by atoms with E-state index in [1.54, 1.807) is 43.1 Å². The Bertz CT molecular complexity index is 1030. The molecule has 2 aromatic carbocycles. The lowest BCUT2D eigenvalue weighted by molar-refractivity contribution is 0.160. The number of halogens is 1. The largest absolute Gasteiger partial charge is 0.497 e. The molecule has 0 spiro atoms. The minimum atomic E-state index is -3.70. The van der Waals surface area contributed by atoms with Crippen LogP contribution in [0.1, 0.15) is 6.42 Å². The van der Waals surface area contributed by atoms with Gasteiger partial charge in [0.15, 0.2) is 0 Å². The minimum Gasteiger partial charge on any atom is -0.497 e. The summed E-state index contributed by atoms with van der Waals surface area (Å²) >= 11 is 1.69. The van der Waals surface area contributed by atoms with E-state index in [1.165, 1.54) is 16.4 Å². The van der Waals surface area contributed by atoms with Gasteiger partial charge in [0.25, 0.3) is 0 Å². The van der Waals surface area contributed by atoms with Crippen LogP contribution in [0.5, 0.6) is 5.75 Å². The molecule has 0 bridgehead atoms. The second-order valence-corrected chi connectivity index (χ2v) is 10.7. The number of nitrogens with one attached hydrogen (secondary N) is 1. The number of carbonyl (C=O) groups is 1. The van der Waals surface area contributed by atoms with Gasteiger partial charge in [0, 0.05) is 42.4 Å². The molecule has 1 N–H and O–H groups in total. The third kappa shape index (κ3) is 4.65. The molecule has 0 aromatic heterocycles. The van der Waals surface area contributed by atoms with E-state index < -0.39 is 15.8 Å². The van der Waals surface area contributed by atoms with Gasteiger partial charge in [0.2, 0.25) is 10.0 Å². The first kappa shape index (κ1) is 21.9. The number of anilines is 1. The highest BCUT2D eigenvalue weighted by Gasteiger charge is 2.42. The molecule has 2 heterocycles. The lowest BCUT2D eigenvalue weighted by Crippen LogP contribution is -2.59. The summed E-state index contributed by atoms with van der Waals surface area (Å²) in [5.74, 6) is 0.975. The lowest BCUT2D eigenvalue weighted by atomic mass is 10.0. The molecule has 2 saturated heterocycles. The van der Waals surface area contributed by atoms with Crippen LogP contribution in [0.4, 0.5) is 14.9 Å². The number of hydrogen-bond acceptors (Lipinski definition) is 5. The van der Waals surface area contributed by atoms with Gasteiger partial charge in [0.05, 0.1) is 12.0 Å². The molecule has 2 amide bonds. The zero-order chi connectivity index (χ0) is 22.0. The maximum absolute atomic E-state index is 13.2. The van der Waals surface area contributed by atoms with E-state index >= 15 is 0 Å². The van der Waals surface area contributed by atoms with Crippen LogP contribution in [0.15, 0.2) is 53.4 Å². The van der Waals surface area contributed by atoms with Crippen molar-refractivity contribution in [3.05, 3.63) is 54.3 Å². The Morgan fingerprint density at radius 2 is 1.84 bits per heavy atom. The molecule has 0 radical (unpaired) electrons. The Morgan fingerprint density at radius 3 is 2.52 bits per heavy atom. The highest BCUT2D eigenvalue weighted by atomic mass is 32.2. The first-order valence-corrected chi connectivity index (χ1v) is 12.5. The number of benzene rings is 2. The summed E-state index contributed by atoms with van der Waals surface area (Å²) in [4.78, 5) is 14.8. The molecular weight excluding hydrogens is 441 g/mol.